The van der Waals surface area contributed by atoms with E-state index in [0.29, 0.717) is 0 Å². The van der Waals surface area contributed by atoms with Crippen LogP contribution in [0.3, 0.4) is 0 Å². The minimum Gasteiger partial charge on any atom is -0.0730 e. The maximum Gasteiger partial charge on any atom is 0.161 e. The Balaban J connectivity index is 1.42. The molecule has 0 heterocycles. The van der Waals surface area contributed by atoms with Crippen LogP contribution in [0.25, 0.3) is 0 Å². The maximum atomic E-state index is 2.77. The molecule has 10 rings (SSSR count). The molecule has 1 unspecified atom stereocenters. The van der Waals surface area contributed by atoms with Gasteiger partial charge < -0.3 is 0 Å². The van der Waals surface area contributed by atoms with Gasteiger partial charge in [-0.1, -0.05) is 185 Å². The van der Waals surface area contributed by atoms with Gasteiger partial charge >= 0.3 is 0 Å². The van der Waals surface area contributed by atoms with Crippen LogP contribution >= 0.6 is 0 Å². The van der Waals surface area contributed by atoms with Gasteiger partial charge in [-0.15, -0.1) is 0 Å². The number of aryl methyl sites for hydroxylation is 18. The number of allylic oxidation sites excluding steroid dienone is 4. The smallest absolute Gasteiger partial charge is 0.0730 e. The molecule has 0 spiro atoms. The lowest BCUT2D eigenvalue weighted by Crippen LogP contribution is -2.73. The highest BCUT2D eigenvalue weighted by Gasteiger charge is 2.56. The second kappa shape index (κ2) is 24.9. The van der Waals surface area contributed by atoms with Gasteiger partial charge in [-0.2, -0.15) is 0 Å². The summed E-state index contributed by atoms with van der Waals surface area (Å²) in [5, 5.41) is 4.08. The number of hydrogen-bond donors (Lipinski definition) is 0. The fourth-order valence-corrected chi connectivity index (χ4v) is 23.2. The summed E-state index contributed by atoms with van der Waals surface area (Å²) in [7, 11) is -3.50. The summed E-state index contributed by atoms with van der Waals surface area (Å²) in [5.41, 5.74) is 45.7. The van der Waals surface area contributed by atoms with Crippen molar-refractivity contribution in [3.63, 3.8) is 0 Å². The van der Waals surface area contributed by atoms with E-state index in [9.17, 15) is 0 Å². The third-order valence-electron chi connectivity index (χ3n) is 21.0. The Kier molecular flexibility index (Phi) is 18.0. The first-order valence-corrected chi connectivity index (χ1v) is 34.7. The van der Waals surface area contributed by atoms with Crippen LogP contribution in [-0.4, -0.2) is 8.07 Å². The molecule has 0 radical (unpaired) electrons. The minimum atomic E-state index is -3.50. The highest BCUT2D eigenvalue weighted by Crippen LogP contribution is 2.53. The highest BCUT2D eigenvalue weighted by molar-refractivity contribution is 7.14. The van der Waals surface area contributed by atoms with E-state index in [1.54, 1.807) is 0 Å². The van der Waals surface area contributed by atoms with Crippen LogP contribution in [0, 0.1) is 125 Å². The Labute approximate surface area is 533 Å². The summed E-state index contributed by atoms with van der Waals surface area (Å²) in [6.45, 7) is 51.6. The predicted octanol–water partition coefficient (Wildman–Crippen LogP) is 20.3. The van der Waals surface area contributed by atoms with Crippen LogP contribution in [0.2, 0.25) is 5.04 Å². The molecule has 452 valence electrons. The molecule has 9 aromatic carbocycles. The van der Waals surface area contributed by atoms with Gasteiger partial charge in [0.25, 0.3) is 0 Å². The summed E-state index contributed by atoms with van der Waals surface area (Å²) in [6, 6.07) is 53.2. The van der Waals surface area contributed by atoms with Crippen LogP contribution < -0.4 is 15.6 Å². The Morgan fingerprint density at radius 2 is 0.409 bits per heavy atom. The highest BCUT2D eigenvalue weighted by atomic mass is 28.3. The minimum absolute atomic E-state index is 0.398. The molecule has 0 bridgehead atoms. The lowest BCUT2D eigenvalue weighted by molar-refractivity contribution is 0.869. The fourth-order valence-electron chi connectivity index (χ4n) is 16.8. The van der Waals surface area contributed by atoms with Gasteiger partial charge in [-0.3, -0.25) is 0 Å². The predicted molar refractivity (Wildman–Crippen MR) is 385 cm³/mol. The molecule has 1 aliphatic rings. The molecule has 0 saturated heterocycles. The molecule has 0 fully saturated rings. The normalized spacial score (nSPS) is 14.4. The van der Waals surface area contributed by atoms with E-state index in [2.05, 4.69) is 286 Å². The molecule has 0 aromatic heterocycles. The third-order valence-corrected chi connectivity index (χ3v) is 26.5. The largest absolute Gasteiger partial charge is 0.161 e. The van der Waals surface area contributed by atoms with E-state index in [0.717, 1.165) is 38.5 Å². The zero-order chi connectivity index (χ0) is 63.6. The molecular weight excluding hydrogens is 1070 g/mol. The average Bonchev–Trinajstić information content (AvgIpc) is 1.27. The Morgan fingerprint density at radius 1 is 0.239 bits per heavy atom. The summed E-state index contributed by atoms with van der Waals surface area (Å²) in [5.74, 6) is 0. The Hall–Kier alpha value is -7.32. The molecule has 0 N–H and O–H groups in total. The maximum absolute atomic E-state index is 3.50. The van der Waals surface area contributed by atoms with Crippen molar-refractivity contribution in [2.45, 2.75) is 196 Å². The van der Waals surface area contributed by atoms with Crippen molar-refractivity contribution in [2.24, 2.45) is 0 Å². The van der Waals surface area contributed by atoms with Gasteiger partial charge in [0.15, 0.2) is 8.07 Å². The molecule has 1 heteroatoms. The average molecular weight is 1170 g/mol. The molecule has 9 aromatic rings. The zero-order valence-corrected chi connectivity index (χ0v) is 58.9. The van der Waals surface area contributed by atoms with E-state index in [1.807, 2.05) is 0 Å². The summed E-state index contributed by atoms with van der Waals surface area (Å²) < 4.78 is 0. The topological polar surface area (TPSA) is 0 Å². The molecule has 0 aliphatic heterocycles. The van der Waals surface area contributed by atoms with Crippen molar-refractivity contribution < 1.29 is 0 Å². The van der Waals surface area contributed by atoms with Gasteiger partial charge in [-0.25, -0.2) is 0 Å². The van der Waals surface area contributed by atoms with Gasteiger partial charge in [0.2, 0.25) is 0 Å². The third kappa shape index (κ3) is 12.5. The first-order chi connectivity index (χ1) is 41.5. The lowest BCUT2D eigenvalue weighted by atomic mass is 9.91. The van der Waals surface area contributed by atoms with Crippen LogP contribution in [-0.2, 0) is 38.5 Å². The van der Waals surface area contributed by atoms with Gasteiger partial charge in [0.05, 0.1) is 0 Å². The van der Waals surface area contributed by atoms with Gasteiger partial charge in [0.1, 0.15) is 0 Å². The monoisotopic (exact) mass is 1170 g/mol. The summed E-state index contributed by atoms with van der Waals surface area (Å²) in [6.07, 6.45) is 7.94. The SMILES string of the molecule is CC1=CC(C)([Si](c2cc(Cc3c(C)cc(C)cc3C)cc(Cc3c(C)cc(C)cc3C)c2)(c2cc(Cc3c(C)cc(C)cc3C)cc(Cc3c(C)cc(C)cc3C)c2)c2cc(Cc3c(C)cc(C)cc3C)cc(Cc3c(C)cc(C)cc3C)c2)C(C)=C1C. The van der Waals surface area contributed by atoms with Crippen LogP contribution in [0.4, 0.5) is 0 Å². The number of benzene rings is 9. The Morgan fingerprint density at radius 3 is 0.557 bits per heavy atom. The van der Waals surface area contributed by atoms with E-state index in [4.69, 9.17) is 0 Å². The van der Waals surface area contributed by atoms with Crippen LogP contribution in [0.1, 0.15) is 195 Å². The van der Waals surface area contributed by atoms with E-state index in [1.165, 1.54) is 199 Å². The fraction of sp³-hybridized carbons (Fsp3) is 0.333. The molecule has 0 nitrogen and oxygen atoms in total. The number of hydrogen-bond acceptors (Lipinski definition) is 0. The lowest BCUT2D eigenvalue weighted by Gasteiger charge is -2.48. The summed E-state index contributed by atoms with van der Waals surface area (Å²) >= 11 is 0. The van der Waals surface area contributed by atoms with Crippen molar-refractivity contribution >= 4 is 23.6 Å². The first kappa shape index (κ1) is 63.7. The summed E-state index contributed by atoms with van der Waals surface area (Å²) in [4.78, 5) is 0. The van der Waals surface area contributed by atoms with Crippen LogP contribution in [0.5, 0.6) is 0 Å². The number of rotatable bonds is 16. The van der Waals surface area contributed by atoms with Crippen LogP contribution in [0.15, 0.2) is 150 Å². The Bertz CT molecular complexity index is 3560. The van der Waals surface area contributed by atoms with Crippen molar-refractivity contribution in [3.05, 3.63) is 317 Å². The van der Waals surface area contributed by atoms with Crippen molar-refractivity contribution in [1.82, 2.24) is 0 Å². The van der Waals surface area contributed by atoms with Gasteiger partial charge in [0, 0.05) is 5.04 Å². The van der Waals surface area contributed by atoms with Crippen molar-refractivity contribution in [3.8, 4) is 0 Å². The molecule has 1 atom stereocenters. The van der Waals surface area contributed by atoms with E-state index in [-0.39, 0.29) is 0 Å². The van der Waals surface area contributed by atoms with E-state index < -0.39 is 13.1 Å². The second-order valence-corrected chi connectivity index (χ2v) is 32.7. The molecular formula is C87H100Si. The quantitative estimate of drug-likeness (QED) is 0.0668. The van der Waals surface area contributed by atoms with Crippen molar-refractivity contribution in [1.29, 1.82) is 0 Å². The second-order valence-electron chi connectivity index (χ2n) is 28.5. The van der Waals surface area contributed by atoms with Crippen molar-refractivity contribution in [2.75, 3.05) is 0 Å². The standard InChI is InChI=1S/C87H100Si/c1-51-23-57(7)81(58(8)24-51)44-72-35-73(45-82-59(9)25-52(2)26-60(82)10)39-78(38-72)88(87(22)50-69(19)70(20)71(87)21,79-40-74(46-83-61(11)27-53(3)28-62(83)12)36-75(41-79)47-84-63(13)29-54(4)30-64(84)14)80-42-76(48-85-65(15)31-55(5)32-66(85)16)37-77(43-80)49-86-67(17)33-56(6)34-68(86)18/h23-43,50H,44-49H2,1-22H3. The van der Waals surface area contributed by atoms with Gasteiger partial charge in [-0.05, 0) is 339 Å². The molecule has 88 heavy (non-hydrogen) atoms. The molecule has 1 aliphatic carbocycles. The first-order valence-electron chi connectivity index (χ1n) is 32.7. The molecule has 0 saturated carbocycles. The molecule has 0 amide bonds. The van der Waals surface area contributed by atoms with E-state index >= 15 is 0 Å². The zero-order valence-electron chi connectivity index (χ0n) is 57.9.